The summed E-state index contributed by atoms with van der Waals surface area (Å²) in [6.07, 6.45) is 1.40. The van der Waals surface area contributed by atoms with Gasteiger partial charge >= 0.3 is 5.69 Å². The monoisotopic (exact) mass is 254 g/mol. The molecular weight excluding hydrogens is 236 g/mol. The second kappa shape index (κ2) is 4.93. The van der Waals surface area contributed by atoms with Crippen molar-refractivity contribution in [2.45, 2.75) is 19.8 Å². The molecular formula is C11H18N4O3. The van der Waals surface area contributed by atoms with Crippen LogP contribution in [0.5, 0.6) is 0 Å². The second-order valence-electron chi connectivity index (χ2n) is 4.64. The van der Waals surface area contributed by atoms with Gasteiger partial charge in [0.2, 0.25) is 5.82 Å². The Balaban J connectivity index is 2.38. The van der Waals surface area contributed by atoms with Crippen LogP contribution in [-0.4, -0.2) is 39.5 Å². The highest BCUT2D eigenvalue weighted by atomic mass is 16.6. The van der Waals surface area contributed by atoms with Gasteiger partial charge in [-0.3, -0.25) is 10.1 Å². The number of aryl methyl sites for hydroxylation is 2. The van der Waals surface area contributed by atoms with E-state index < -0.39 is 0 Å². The van der Waals surface area contributed by atoms with Crippen molar-refractivity contribution in [2.75, 3.05) is 24.6 Å². The number of nitrogens with zero attached hydrogens (tertiary/aromatic N) is 4. The minimum absolute atomic E-state index is 0.110. The Kier molecular flexibility index (Phi) is 3.51. The second-order valence-corrected chi connectivity index (χ2v) is 4.64. The van der Waals surface area contributed by atoms with E-state index in [1.54, 1.807) is 11.7 Å². The van der Waals surface area contributed by atoms with Crippen LogP contribution in [0.15, 0.2) is 0 Å². The molecule has 18 heavy (non-hydrogen) atoms. The number of aromatic nitrogens is 2. The summed E-state index contributed by atoms with van der Waals surface area (Å²) < 4.78 is 1.58. The molecule has 1 unspecified atom stereocenters. The molecule has 1 N–H and O–H groups in total. The molecule has 0 saturated carbocycles. The zero-order chi connectivity index (χ0) is 13.3. The van der Waals surface area contributed by atoms with Crippen molar-refractivity contribution < 1.29 is 10.0 Å². The van der Waals surface area contributed by atoms with Crippen LogP contribution in [0, 0.1) is 16.0 Å². The fourth-order valence-electron chi connectivity index (χ4n) is 2.51. The molecule has 7 nitrogen and oxygen atoms in total. The minimum Gasteiger partial charge on any atom is -0.396 e. The summed E-state index contributed by atoms with van der Waals surface area (Å²) in [5.41, 5.74) is 0.628. The first-order valence-corrected chi connectivity index (χ1v) is 6.14. The van der Waals surface area contributed by atoms with Gasteiger partial charge in [-0.1, -0.05) is 6.92 Å². The largest absolute Gasteiger partial charge is 0.396 e. The van der Waals surface area contributed by atoms with E-state index in [2.05, 4.69) is 5.10 Å². The van der Waals surface area contributed by atoms with Gasteiger partial charge in [0.15, 0.2) is 0 Å². The van der Waals surface area contributed by atoms with E-state index in [1.807, 2.05) is 11.8 Å². The number of hydrogen-bond donors (Lipinski definition) is 1. The van der Waals surface area contributed by atoms with Gasteiger partial charge in [-0.2, -0.15) is 5.10 Å². The summed E-state index contributed by atoms with van der Waals surface area (Å²) >= 11 is 0. The molecule has 1 saturated heterocycles. The Labute approximate surface area is 105 Å². The van der Waals surface area contributed by atoms with E-state index in [0.29, 0.717) is 24.5 Å². The highest BCUT2D eigenvalue weighted by Crippen LogP contribution is 2.34. The third kappa shape index (κ3) is 2.05. The van der Waals surface area contributed by atoms with Gasteiger partial charge in [0.05, 0.1) is 4.92 Å². The van der Waals surface area contributed by atoms with Crippen molar-refractivity contribution in [1.29, 1.82) is 0 Å². The quantitative estimate of drug-likeness (QED) is 0.632. The lowest BCUT2D eigenvalue weighted by molar-refractivity contribution is -0.384. The molecule has 1 aliphatic rings. The van der Waals surface area contributed by atoms with Gasteiger partial charge in [0.1, 0.15) is 5.69 Å². The van der Waals surface area contributed by atoms with Crippen LogP contribution in [-0.2, 0) is 13.5 Å². The van der Waals surface area contributed by atoms with Crippen LogP contribution in [0.4, 0.5) is 11.5 Å². The Morgan fingerprint density at radius 1 is 1.61 bits per heavy atom. The van der Waals surface area contributed by atoms with E-state index >= 15 is 0 Å². The minimum atomic E-state index is -0.354. The van der Waals surface area contributed by atoms with Crippen molar-refractivity contribution in [3.63, 3.8) is 0 Å². The maximum absolute atomic E-state index is 11.2. The average molecular weight is 254 g/mol. The SMILES string of the molecule is CCc1nn(C)c(N2CCC(CO)C2)c1[N+](=O)[O-]. The van der Waals surface area contributed by atoms with Gasteiger partial charge < -0.3 is 10.0 Å². The Morgan fingerprint density at radius 3 is 2.83 bits per heavy atom. The Hall–Kier alpha value is -1.63. The molecule has 1 atom stereocenters. The van der Waals surface area contributed by atoms with Gasteiger partial charge in [-0.05, 0) is 12.8 Å². The molecule has 0 spiro atoms. The number of nitro groups is 1. The molecule has 7 heteroatoms. The zero-order valence-corrected chi connectivity index (χ0v) is 10.7. The first-order valence-electron chi connectivity index (χ1n) is 6.14. The summed E-state index contributed by atoms with van der Waals surface area (Å²) in [4.78, 5) is 12.8. The van der Waals surface area contributed by atoms with Crippen LogP contribution in [0.2, 0.25) is 0 Å². The molecule has 0 amide bonds. The molecule has 2 heterocycles. The van der Waals surface area contributed by atoms with Crippen molar-refractivity contribution in [3.8, 4) is 0 Å². The number of rotatable bonds is 4. The molecule has 0 bridgehead atoms. The molecule has 1 aliphatic heterocycles. The maximum Gasteiger partial charge on any atom is 0.334 e. The van der Waals surface area contributed by atoms with E-state index in [1.165, 1.54) is 0 Å². The van der Waals surface area contributed by atoms with Gasteiger partial charge in [-0.25, -0.2) is 4.68 Å². The van der Waals surface area contributed by atoms with Crippen LogP contribution in [0.3, 0.4) is 0 Å². The summed E-state index contributed by atoms with van der Waals surface area (Å²) in [7, 11) is 1.73. The van der Waals surface area contributed by atoms with Crippen molar-refractivity contribution >= 4 is 11.5 Å². The molecule has 100 valence electrons. The van der Waals surface area contributed by atoms with E-state index in [9.17, 15) is 10.1 Å². The van der Waals surface area contributed by atoms with Crippen molar-refractivity contribution in [1.82, 2.24) is 9.78 Å². The third-order valence-electron chi connectivity index (χ3n) is 3.42. The molecule has 0 radical (unpaired) electrons. The Morgan fingerprint density at radius 2 is 2.33 bits per heavy atom. The number of aliphatic hydroxyl groups is 1. The molecule has 1 fully saturated rings. The number of anilines is 1. The number of aliphatic hydroxyl groups excluding tert-OH is 1. The normalized spacial score (nSPS) is 19.5. The van der Waals surface area contributed by atoms with Gasteiger partial charge in [0.25, 0.3) is 0 Å². The highest BCUT2D eigenvalue weighted by Gasteiger charge is 2.33. The fourth-order valence-corrected chi connectivity index (χ4v) is 2.51. The Bertz CT molecular complexity index is 457. The molecule has 1 aromatic rings. The van der Waals surface area contributed by atoms with Crippen LogP contribution in [0.1, 0.15) is 19.0 Å². The van der Waals surface area contributed by atoms with Crippen molar-refractivity contribution in [3.05, 3.63) is 15.8 Å². The molecule has 0 aliphatic carbocycles. The highest BCUT2D eigenvalue weighted by molar-refractivity contribution is 5.62. The van der Waals surface area contributed by atoms with E-state index in [-0.39, 0.29) is 23.1 Å². The van der Waals surface area contributed by atoms with E-state index in [0.717, 1.165) is 13.0 Å². The molecule has 2 rings (SSSR count). The summed E-state index contributed by atoms with van der Waals surface area (Å²) in [6, 6.07) is 0. The molecule has 1 aromatic heterocycles. The standard InChI is InChI=1S/C11H18N4O3/c1-3-9-10(15(17)18)11(13(2)12-9)14-5-4-8(6-14)7-16/h8,16H,3-7H2,1-2H3. The zero-order valence-electron chi connectivity index (χ0n) is 10.7. The first-order chi connectivity index (χ1) is 8.58. The summed E-state index contributed by atoms with van der Waals surface area (Å²) in [5, 5.41) is 24.6. The lowest BCUT2D eigenvalue weighted by atomic mass is 10.1. The smallest absolute Gasteiger partial charge is 0.334 e. The number of hydrogen-bond acceptors (Lipinski definition) is 5. The predicted molar refractivity (Wildman–Crippen MR) is 66.6 cm³/mol. The van der Waals surface area contributed by atoms with Crippen LogP contribution < -0.4 is 4.90 Å². The van der Waals surface area contributed by atoms with Gasteiger partial charge in [-0.15, -0.1) is 0 Å². The third-order valence-corrected chi connectivity index (χ3v) is 3.42. The topological polar surface area (TPSA) is 84.4 Å². The lowest BCUT2D eigenvalue weighted by Gasteiger charge is -2.17. The van der Waals surface area contributed by atoms with E-state index in [4.69, 9.17) is 5.11 Å². The summed E-state index contributed by atoms with van der Waals surface area (Å²) in [5.74, 6) is 0.761. The lowest BCUT2D eigenvalue weighted by Crippen LogP contribution is -2.23. The van der Waals surface area contributed by atoms with Gasteiger partial charge in [0, 0.05) is 32.7 Å². The fraction of sp³-hybridized carbons (Fsp3) is 0.727. The molecule has 0 aromatic carbocycles. The average Bonchev–Trinajstić information content (AvgIpc) is 2.91. The predicted octanol–water partition coefficient (Wildman–Crippen LogP) is 0.709. The first kappa shape index (κ1) is 12.8. The maximum atomic E-state index is 11.2. The summed E-state index contributed by atoms with van der Waals surface area (Å²) in [6.45, 7) is 3.37. The van der Waals surface area contributed by atoms with Crippen molar-refractivity contribution in [2.24, 2.45) is 13.0 Å². The van der Waals surface area contributed by atoms with Crippen LogP contribution in [0.25, 0.3) is 0 Å². The van der Waals surface area contributed by atoms with Crippen LogP contribution >= 0.6 is 0 Å².